The van der Waals surface area contributed by atoms with Crippen LogP contribution in [-0.4, -0.2) is 60.8 Å². The van der Waals surface area contributed by atoms with Gasteiger partial charge in [0.15, 0.2) is 5.79 Å². The molecule has 0 amide bonds. The lowest BCUT2D eigenvalue weighted by Gasteiger charge is -2.65. The highest BCUT2D eigenvalue weighted by Gasteiger charge is 2.68. The zero-order valence-electron chi connectivity index (χ0n) is 16.8. The van der Waals surface area contributed by atoms with Gasteiger partial charge in [-0.15, -0.1) is 0 Å². The summed E-state index contributed by atoms with van der Waals surface area (Å²) in [6.07, 6.45) is 6.88. The number of rotatable bonds is 3. The van der Waals surface area contributed by atoms with Crippen molar-refractivity contribution in [3.8, 4) is 5.75 Å². The largest absolute Gasteiger partial charge is 0.497 e. The van der Waals surface area contributed by atoms with Gasteiger partial charge in [-0.2, -0.15) is 0 Å². The number of hydrogen-bond acceptors (Lipinski definition) is 5. The zero-order valence-corrected chi connectivity index (χ0v) is 16.8. The Kier molecular flexibility index (Phi) is 3.76. The molecule has 1 aromatic rings. The van der Waals surface area contributed by atoms with Crippen molar-refractivity contribution in [2.24, 2.45) is 5.92 Å². The average Bonchev–Trinajstić information content (AvgIpc) is 3.41. The minimum atomic E-state index is -0.722. The Morgan fingerprint density at radius 1 is 1.18 bits per heavy atom. The summed E-state index contributed by atoms with van der Waals surface area (Å²) < 4.78 is 17.9. The molecular weight excluding hydrogens is 354 g/mol. The Morgan fingerprint density at radius 2 is 2.00 bits per heavy atom. The Bertz CT molecular complexity index is 787. The maximum Gasteiger partial charge on any atom is 0.169 e. The summed E-state index contributed by atoms with van der Waals surface area (Å²) in [4.78, 5) is 2.61. The lowest BCUT2D eigenvalue weighted by atomic mass is 9.48. The molecule has 2 bridgehead atoms. The number of methoxy groups -OCH3 is 1. The highest BCUT2D eigenvalue weighted by molar-refractivity contribution is 5.49. The van der Waals surface area contributed by atoms with Gasteiger partial charge >= 0.3 is 0 Å². The smallest absolute Gasteiger partial charge is 0.169 e. The molecule has 1 spiro atoms. The van der Waals surface area contributed by atoms with Gasteiger partial charge in [0.1, 0.15) is 5.75 Å². The van der Waals surface area contributed by atoms with Gasteiger partial charge in [-0.3, -0.25) is 4.90 Å². The second-order valence-electron chi connectivity index (χ2n) is 9.72. The van der Waals surface area contributed by atoms with E-state index in [4.69, 9.17) is 14.2 Å². The average molecular weight is 386 g/mol. The van der Waals surface area contributed by atoms with Crippen molar-refractivity contribution in [1.82, 2.24) is 4.90 Å². The van der Waals surface area contributed by atoms with Crippen molar-refractivity contribution >= 4 is 0 Å². The topological polar surface area (TPSA) is 51.2 Å². The minimum Gasteiger partial charge on any atom is -0.497 e. The van der Waals surface area contributed by atoms with E-state index >= 15 is 0 Å². The third kappa shape index (κ3) is 2.33. The monoisotopic (exact) mass is 385 g/mol. The Hall–Kier alpha value is -1.14. The van der Waals surface area contributed by atoms with Crippen LogP contribution in [0.3, 0.4) is 0 Å². The fraction of sp³-hybridized carbons (Fsp3) is 0.739. The summed E-state index contributed by atoms with van der Waals surface area (Å²) >= 11 is 0. The molecule has 1 aromatic carbocycles. The van der Waals surface area contributed by atoms with E-state index in [-0.39, 0.29) is 11.5 Å². The second kappa shape index (κ2) is 5.94. The standard InChI is InChI=1S/C23H31NO4/c1-26-18-5-4-17-12-20-23(25)7-6-22(27-10-11-28-22)15-21(23,19(17)13-18)8-9-24(20)14-16-2-3-16/h4-5,13,16,20,25H,2-3,6-12,14-15H2,1H3/t20-,21?,23-/m1/s1. The van der Waals surface area contributed by atoms with Gasteiger partial charge in [0.25, 0.3) is 0 Å². The molecule has 0 aromatic heterocycles. The lowest BCUT2D eigenvalue weighted by Crippen LogP contribution is -2.75. The van der Waals surface area contributed by atoms with Crippen molar-refractivity contribution < 1.29 is 19.3 Å². The first-order valence-electron chi connectivity index (χ1n) is 11.0. The van der Waals surface area contributed by atoms with E-state index in [2.05, 4.69) is 23.1 Å². The summed E-state index contributed by atoms with van der Waals surface area (Å²) in [6, 6.07) is 6.67. The van der Waals surface area contributed by atoms with Gasteiger partial charge in [0.05, 0.1) is 25.9 Å². The van der Waals surface area contributed by atoms with E-state index in [1.54, 1.807) is 7.11 Å². The lowest BCUT2D eigenvalue weighted by molar-refractivity contribution is -0.259. The van der Waals surface area contributed by atoms with Crippen LogP contribution in [0.1, 0.15) is 49.7 Å². The normalized spacial score (nSPS) is 38.9. The van der Waals surface area contributed by atoms with Gasteiger partial charge in [-0.05, 0) is 67.8 Å². The molecule has 0 radical (unpaired) electrons. The summed E-state index contributed by atoms with van der Waals surface area (Å²) in [5.41, 5.74) is 1.60. The molecule has 3 atom stereocenters. The third-order valence-corrected chi connectivity index (χ3v) is 8.35. The fourth-order valence-corrected chi connectivity index (χ4v) is 6.77. The number of piperidine rings is 1. The van der Waals surface area contributed by atoms with Gasteiger partial charge in [0, 0.05) is 30.8 Å². The van der Waals surface area contributed by atoms with Gasteiger partial charge in [0.2, 0.25) is 0 Å². The molecule has 6 rings (SSSR count). The molecule has 2 saturated heterocycles. The van der Waals surface area contributed by atoms with E-state index < -0.39 is 11.4 Å². The zero-order chi connectivity index (χ0) is 19.0. The van der Waals surface area contributed by atoms with Crippen LogP contribution in [0.5, 0.6) is 5.75 Å². The molecular formula is C23H31NO4. The molecule has 5 aliphatic rings. The molecule has 4 fully saturated rings. The number of fused-ring (bicyclic) bond motifs is 1. The van der Waals surface area contributed by atoms with Crippen molar-refractivity contribution in [2.45, 2.75) is 67.8 Å². The first kappa shape index (κ1) is 17.7. The number of benzene rings is 1. The Labute approximate surface area is 167 Å². The number of aliphatic hydroxyl groups is 1. The van der Waals surface area contributed by atoms with Gasteiger partial charge in [-0.1, -0.05) is 6.07 Å². The van der Waals surface area contributed by atoms with Crippen LogP contribution in [0, 0.1) is 5.92 Å². The van der Waals surface area contributed by atoms with Crippen LogP contribution in [0.15, 0.2) is 18.2 Å². The van der Waals surface area contributed by atoms with E-state index in [1.165, 1.54) is 24.0 Å². The molecule has 1 N–H and O–H groups in total. The third-order valence-electron chi connectivity index (χ3n) is 8.35. The molecule has 5 nitrogen and oxygen atoms in total. The van der Waals surface area contributed by atoms with Crippen molar-refractivity contribution in [1.29, 1.82) is 0 Å². The number of ether oxygens (including phenoxy) is 3. The predicted molar refractivity (Wildman–Crippen MR) is 105 cm³/mol. The van der Waals surface area contributed by atoms with Crippen LogP contribution < -0.4 is 4.74 Å². The van der Waals surface area contributed by atoms with Gasteiger partial charge < -0.3 is 19.3 Å². The molecule has 2 heterocycles. The summed E-state index contributed by atoms with van der Waals surface area (Å²) in [7, 11) is 1.72. The van der Waals surface area contributed by atoms with Crippen LogP contribution in [0.2, 0.25) is 0 Å². The summed E-state index contributed by atoms with van der Waals surface area (Å²) in [5, 5.41) is 12.3. The van der Waals surface area contributed by atoms with Crippen molar-refractivity contribution in [3.63, 3.8) is 0 Å². The summed E-state index contributed by atoms with van der Waals surface area (Å²) in [5.74, 6) is 1.19. The molecule has 28 heavy (non-hydrogen) atoms. The SMILES string of the molecule is COc1ccc2c(c1)C13CCN(CC4CC4)[C@H](C2)[C@]1(O)CCC1(C3)OCCO1. The van der Waals surface area contributed by atoms with E-state index in [1.807, 2.05) is 0 Å². The molecule has 2 aliphatic heterocycles. The van der Waals surface area contributed by atoms with Crippen molar-refractivity contribution in [2.75, 3.05) is 33.4 Å². The highest BCUT2D eigenvalue weighted by Crippen LogP contribution is 2.61. The minimum absolute atomic E-state index is 0.196. The van der Waals surface area contributed by atoms with Crippen LogP contribution in [0.4, 0.5) is 0 Å². The molecule has 152 valence electrons. The molecule has 2 saturated carbocycles. The first-order chi connectivity index (χ1) is 13.6. The molecule has 1 unspecified atom stereocenters. The quantitative estimate of drug-likeness (QED) is 0.867. The van der Waals surface area contributed by atoms with E-state index in [0.29, 0.717) is 13.2 Å². The van der Waals surface area contributed by atoms with Crippen LogP contribution >= 0.6 is 0 Å². The maximum atomic E-state index is 12.3. The highest BCUT2D eigenvalue weighted by atomic mass is 16.7. The maximum absolute atomic E-state index is 12.3. The first-order valence-corrected chi connectivity index (χ1v) is 11.0. The summed E-state index contributed by atoms with van der Waals surface area (Å²) in [6.45, 7) is 3.52. The number of hydrogen-bond donors (Lipinski definition) is 1. The number of nitrogens with zero attached hydrogens (tertiary/aromatic N) is 1. The van der Waals surface area contributed by atoms with Crippen molar-refractivity contribution in [3.05, 3.63) is 29.3 Å². The predicted octanol–water partition coefficient (Wildman–Crippen LogP) is 2.63. The number of likely N-dealkylation sites (tertiary alicyclic amines) is 1. The second-order valence-corrected chi connectivity index (χ2v) is 9.72. The fourth-order valence-electron chi connectivity index (χ4n) is 6.77. The van der Waals surface area contributed by atoms with E-state index in [9.17, 15) is 5.11 Å². The molecule has 3 aliphatic carbocycles. The Morgan fingerprint density at radius 3 is 2.75 bits per heavy atom. The molecule has 5 heteroatoms. The van der Waals surface area contributed by atoms with Crippen LogP contribution in [0.25, 0.3) is 0 Å². The van der Waals surface area contributed by atoms with E-state index in [0.717, 1.165) is 56.9 Å². The van der Waals surface area contributed by atoms with Gasteiger partial charge in [-0.25, -0.2) is 0 Å². The van der Waals surface area contributed by atoms with Crippen LogP contribution in [-0.2, 0) is 21.3 Å². The Balaban J connectivity index is 1.48.